The Morgan fingerprint density at radius 2 is 2.00 bits per heavy atom. The van der Waals surface area contributed by atoms with Crippen molar-refractivity contribution in [2.24, 2.45) is 5.92 Å². The zero-order valence-electron chi connectivity index (χ0n) is 13.1. The van der Waals surface area contributed by atoms with Crippen molar-refractivity contribution in [2.75, 3.05) is 13.4 Å². The van der Waals surface area contributed by atoms with E-state index in [1.165, 1.54) is 6.92 Å². The summed E-state index contributed by atoms with van der Waals surface area (Å²) in [5, 5.41) is 0. The number of hydrogen-bond acceptors (Lipinski definition) is 5. The number of Topliss-reactive ketones (excluding diaryl/α,β-unsaturated/α-hetero) is 2. The predicted molar refractivity (Wildman–Crippen MR) is 81.4 cm³/mol. The first kappa shape index (κ1) is 16.3. The number of ether oxygens (including phenoxy) is 3. The molecule has 1 unspecified atom stereocenters. The Labute approximate surface area is 130 Å². The Morgan fingerprint density at radius 1 is 1.23 bits per heavy atom. The Kier molecular flexibility index (Phi) is 5.81. The first-order chi connectivity index (χ1) is 10.6. The van der Waals surface area contributed by atoms with Gasteiger partial charge in [0.15, 0.2) is 11.5 Å². The minimum atomic E-state index is -0.449. The molecule has 0 saturated carbocycles. The molecule has 120 valence electrons. The molecule has 2 rings (SSSR count). The molecule has 0 spiro atoms. The van der Waals surface area contributed by atoms with Crippen LogP contribution in [0.4, 0.5) is 0 Å². The Hall–Kier alpha value is -2.04. The van der Waals surface area contributed by atoms with Gasteiger partial charge in [-0.1, -0.05) is 6.92 Å². The molecule has 5 heteroatoms. The Balaban J connectivity index is 1.71. The van der Waals surface area contributed by atoms with Crippen LogP contribution in [0.5, 0.6) is 17.2 Å². The maximum absolute atomic E-state index is 11.7. The van der Waals surface area contributed by atoms with E-state index in [1.54, 1.807) is 13.0 Å². The highest BCUT2D eigenvalue weighted by molar-refractivity contribution is 6.01. The quantitative estimate of drug-likeness (QED) is 0.518. The minimum absolute atomic E-state index is 0.0317. The molecule has 0 aliphatic carbocycles. The fourth-order valence-electron chi connectivity index (χ4n) is 2.44. The van der Waals surface area contributed by atoms with Crippen LogP contribution >= 0.6 is 0 Å². The molecule has 0 bridgehead atoms. The summed E-state index contributed by atoms with van der Waals surface area (Å²) < 4.78 is 16.2. The minimum Gasteiger partial charge on any atom is -0.493 e. The highest BCUT2D eigenvalue weighted by atomic mass is 16.7. The lowest BCUT2D eigenvalue weighted by molar-refractivity contribution is -0.131. The van der Waals surface area contributed by atoms with Crippen molar-refractivity contribution in [3.8, 4) is 17.2 Å². The highest BCUT2D eigenvalue weighted by Gasteiger charge is 2.20. The van der Waals surface area contributed by atoms with Gasteiger partial charge in [-0.05, 0) is 38.3 Å². The zero-order chi connectivity index (χ0) is 15.9. The summed E-state index contributed by atoms with van der Waals surface area (Å²) in [6, 6.07) is 5.47. The van der Waals surface area contributed by atoms with E-state index in [4.69, 9.17) is 14.2 Å². The summed E-state index contributed by atoms with van der Waals surface area (Å²) in [6.07, 6.45) is 2.61. The molecule has 1 aromatic rings. The number of rotatable bonds is 9. The van der Waals surface area contributed by atoms with Crippen molar-refractivity contribution < 1.29 is 23.8 Å². The molecule has 0 radical (unpaired) electrons. The normalized spacial score (nSPS) is 13.7. The van der Waals surface area contributed by atoms with Crippen molar-refractivity contribution >= 4 is 11.6 Å². The molecular weight excluding hydrogens is 284 g/mol. The van der Waals surface area contributed by atoms with Gasteiger partial charge in [-0.25, -0.2) is 0 Å². The average molecular weight is 306 g/mol. The summed E-state index contributed by atoms with van der Waals surface area (Å²) in [7, 11) is 0. The lowest BCUT2D eigenvalue weighted by atomic mass is 9.92. The largest absolute Gasteiger partial charge is 0.493 e. The van der Waals surface area contributed by atoms with Crippen LogP contribution in [-0.4, -0.2) is 25.0 Å². The van der Waals surface area contributed by atoms with Gasteiger partial charge in [0.25, 0.3) is 0 Å². The van der Waals surface area contributed by atoms with Gasteiger partial charge in [0, 0.05) is 12.5 Å². The third-order valence-corrected chi connectivity index (χ3v) is 3.73. The van der Waals surface area contributed by atoms with Gasteiger partial charge in [0.2, 0.25) is 6.79 Å². The highest BCUT2D eigenvalue weighted by Crippen LogP contribution is 2.35. The molecule has 22 heavy (non-hydrogen) atoms. The third-order valence-electron chi connectivity index (χ3n) is 3.73. The molecule has 0 saturated heterocycles. The number of carbonyl (C=O) groups excluding carboxylic acids is 2. The fraction of sp³-hybridized carbons (Fsp3) is 0.529. The molecule has 0 amide bonds. The molecule has 1 heterocycles. The molecule has 1 aliphatic heterocycles. The van der Waals surface area contributed by atoms with Crippen molar-refractivity contribution in [3.63, 3.8) is 0 Å². The monoisotopic (exact) mass is 306 g/mol. The van der Waals surface area contributed by atoms with E-state index in [1.807, 2.05) is 12.1 Å². The first-order valence-electron chi connectivity index (χ1n) is 7.67. The van der Waals surface area contributed by atoms with Gasteiger partial charge < -0.3 is 14.2 Å². The molecule has 0 N–H and O–H groups in total. The summed E-state index contributed by atoms with van der Waals surface area (Å²) in [4.78, 5) is 23.1. The van der Waals surface area contributed by atoms with Crippen LogP contribution < -0.4 is 14.2 Å². The van der Waals surface area contributed by atoms with Crippen molar-refractivity contribution in [3.05, 3.63) is 18.2 Å². The van der Waals surface area contributed by atoms with E-state index in [-0.39, 0.29) is 18.4 Å². The number of carbonyl (C=O) groups is 2. The third kappa shape index (κ3) is 4.23. The van der Waals surface area contributed by atoms with Gasteiger partial charge in [-0.15, -0.1) is 0 Å². The zero-order valence-corrected chi connectivity index (χ0v) is 13.1. The average Bonchev–Trinajstić information content (AvgIpc) is 2.97. The van der Waals surface area contributed by atoms with Gasteiger partial charge in [0.05, 0.1) is 12.5 Å². The second-order valence-corrected chi connectivity index (χ2v) is 5.34. The van der Waals surface area contributed by atoms with Crippen LogP contribution in [0.3, 0.4) is 0 Å². The molecule has 5 nitrogen and oxygen atoms in total. The Bertz CT molecular complexity index is 538. The van der Waals surface area contributed by atoms with Crippen LogP contribution in [0, 0.1) is 5.92 Å². The van der Waals surface area contributed by atoms with Gasteiger partial charge in [-0.3, -0.25) is 9.59 Å². The van der Waals surface area contributed by atoms with Crippen molar-refractivity contribution in [2.45, 2.75) is 39.5 Å². The van der Waals surface area contributed by atoms with E-state index in [0.717, 1.165) is 24.3 Å². The summed E-state index contributed by atoms with van der Waals surface area (Å²) in [5.74, 6) is 1.71. The van der Waals surface area contributed by atoms with Gasteiger partial charge in [0.1, 0.15) is 17.3 Å². The van der Waals surface area contributed by atoms with E-state index in [9.17, 15) is 9.59 Å². The number of hydrogen-bond donors (Lipinski definition) is 0. The maximum atomic E-state index is 11.7. The van der Waals surface area contributed by atoms with Crippen molar-refractivity contribution in [1.29, 1.82) is 0 Å². The standard InChI is InChI=1S/C17H22O5/c1-3-15(19)14(12(2)18)6-4-5-9-20-13-7-8-16-17(10-13)22-11-21-16/h7-8,10,14H,3-6,9,11H2,1-2H3. The number of unbranched alkanes of at least 4 members (excludes halogenated alkanes) is 1. The summed E-state index contributed by atoms with van der Waals surface area (Å²) in [5.41, 5.74) is 0. The molecule has 1 aliphatic rings. The Morgan fingerprint density at radius 3 is 2.73 bits per heavy atom. The van der Waals surface area contributed by atoms with E-state index < -0.39 is 5.92 Å². The van der Waals surface area contributed by atoms with Crippen LogP contribution in [0.15, 0.2) is 18.2 Å². The van der Waals surface area contributed by atoms with Gasteiger partial charge >= 0.3 is 0 Å². The molecule has 0 fully saturated rings. The number of fused-ring (bicyclic) bond motifs is 1. The van der Waals surface area contributed by atoms with E-state index in [2.05, 4.69) is 0 Å². The second-order valence-electron chi connectivity index (χ2n) is 5.34. The predicted octanol–water partition coefficient (Wildman–Crippen LogP) is 3.15. The summed E-state index contributed by atoms with van der Waals surface area (Å²) >= 11 is 0. The lowest BCUT2D eigenvalue weighted by Crippen LogP contribution is -2.21. The van der Waals surface area contributed by atoms with E-state index in [0.29, 0.717) is 25.2 Å². The topological polar surface area (TPSA) is 61.8 Å². The van der Waals surface area contributed by atoms with Crippen LogP contribution in [0.2, 0.25) is 0 Å². The molecule has 1 aromatic carbocycles. The fourth-order valence-corrected chi connectivity index (χ4v) is 2.44. The maximum Gasteiger partial charge on any atom is 0.231 e. The van der Waals surface area contributed by atoms with Crippen LogP contribution in [0.25, 0.3) is 0 Å². The SMILES string of the molecule is CCC(=O)C(CCCCOc1ccc2c(c1)OCO2)C(C)=O. The van der Waals surface area contributed by atoms with Gasteiger partial charge in [-0.2, -0.15) is 0 Å². The second kappa shape index (κ2) is 7.82. The van der Waals surface area contributed by atoms with Crippen molar-refractivity contribution in [1.82, 2.24) is 0 Å². The molecular formula is C17H22O5. The molecule has 1 atom stereocenters. The summed E-state index contributed by atoms with van der Waals surface area (Å²) in [6.45, 7) is 4.07. The van der Waals surface area contributed by atoms with Crippen LogP contribution in [-0.2, 0) is 9.59 Å². The smallest absolute Gasteiger partial charge is 0.231 e. The first-order valence-corrected chi connectivity index (χ1v) is 7.67. The number of benzene rings is 1. The lowest BCUT2D eigenvalue weighted by Gasteiger charge is -2.11. The number of ketones is 2. The van der Waals surface area contributed by atoms with E-state index >= 15 is 0 Å². The molecule has 0 aromatic heterocycles. The van der Waals surface area contributed by atoms with Crippen LogP contribution in [0.1, 0.15) is 39.5 Å².